The molecule has 0 amide bonds. The smallest absolute Gasteiger partial charge is 0.337 e. The predicted molar refractivity (Wildman–Crippen MR) is 110 cm³/mol. The summed E-state index contributed by atoms with van der Waals surface area (Å²) in [5, 5.41) is 0. The molecule has 0 saturated carbocycles. The van der Waals surface area contributed by atoms with E-state index in [0.29, 0.717) is 32.1 Å². The zero-order chi connectivity index (χ0) is 20.5. The van der Waals surface area contributed by atoms with Gasteiger partial charge in [0.2, 0.25) is 6.79 Å². The van der Waals surface area contributed by atoms with Gasteiger partial charge in [0.1, 0.15) is 0 Å². The molecular formula is C21H22N2O5S. The third kappa shape index (κ3) is 3.48. The maximum atomic E-state index is 13.1. The van der Waals surface area contributed by atoms with Crippen LogP contribution in [-0.4, -0.2) is 30.0 Å². The normalized spacial score (nSPS) is 17.9. The SMILES string of the molecule is CCC[C@H]1N=c2s/c(=C\c3ccc4c(c3)OCO4)c(=O)n2C(C)=C1C(=O)OCC. The van der Waals surface area contributed by atoms with Crippen molar-refractivity contribution in [2.45, 2.75) is 39.7 Å². The van der Waals surface area contributed by atoms with Crippen LogP contribution in [0.4, 0.5) is 0 Å². The third-order valence-electron chi connectivity index (χ3n) is 4.88. The highest BCUT2D eigenvalue weighted by Crippen LogP contribution is 2.32. The predicted octanol–water partition coefficient (Wildman–Crippen LogP) is 2.06. The van der Waals surface area contributed by atoms with Crippen molar-refractivity contribution in [1.29, 1.82) is 0 Å². The fourth-order valence-corrected chi connectivity index (χ4v) is 4.61. The summed E-state index contributed by atoms with van der Waals surface area (Å²) in [7, 11) is 0. The molecule has 1 atom stereocenters. The molecule has 8 heteroatoms. The minimum absolute atomic E-state index is 0.194. The Morgan fingerprint density at radius 3 is 2.90 bits per heavy atom. The van der Waals surface area contributed by atoms with Gasteiger partial charge in [0, 0.05) is 5.70 Å². The quantitative estimate of drug-likeness (QED) is 0.700. The van der Waals surface area contributed by atoms with Gasteiger partial charge in [-0.2, -0.15) is 0 Å². The molecule has 0 aliphatic carbocycles. The Labute approximate surface area is 171 Å². The van der Waals surface area contributed by atoms with Crippen LogP contribution in [0.5, 0.6) is 11.5 Å². The maximum absolute atomic E-state index is 13.1. The number of carbonyl (C=O) groups excluding carboxylic acids is 1. The lowest BCUT2D eigenvalue weighted by molar-refractivity contribution is -0.138. The average molecular weight is 414 g/mol. The maximum Gasteiger partial charge on any atom is 0.337 e. The van der Waals surface area contributed by atoms with Gasteiger partial charge in [-0.15, -0.1) is 0 Å². The fourth-order valence-electron chi connectivity index (χ4n) is 3.54. The van der Waals surface area contributed by atoms with Crippen molar-refractivity contribution in [3.63, 3.8) is 0 Å². The second-order valence-corrected chi connectivity index (χ2v) is 7.81. The van der Waals surface area contributed by atoms with Gasteiger partial charge in [-0.05, 0) is 44.0 Å². The molecule has 0 fully saturated rings. The molecule has 2 aromatic rings. The zero-order valence-electron chi connectivity index (χ0n) is 16.6. The average Bonchev–Trinajstić information content (AvgIpc) is 3.27. The van der Waals surface area contributed by atoms with Gasteiger partial charge < -0.3 is 14.2 Å². The minimum Gasteiger partial charge on any atom is -0.463 e. The van der Waals surface area contributed by atoms with Crippen molar-refractivity contribution in [2.75, 3.05) is 13.4 Å². The van der Waals surface area contributed by atoms with E-state index in [4.69, 9.17) is 19.2 Å². The molecule has 7 nitrogen and oxygen atoms in total. The van der Waals surface area contributed by atoms with Crippen LogP contribution >= 0.6 is 11.3 Å². The molecule has 2 aliphatic rings. The number of aromatic nitrogens is 1. The molecule has 0 radical (unpaired) electrons. The Kier molecular flexibility index (Phi) is 5.27. The van der Waals surface area contributed by atoms with Crippen LogP contribution < -0.4 is 24.4 Å². The number of benzene rings is 1. The molecule has 1 aromatic carbocycles. The van der Waals surface area contributed by atoms with E-state index in [0.717, 1.165) is 18.4 Å². The summed E-state index contributed by atoms with van der Waals surface area (Å²) in [6, 6.07) is 5.25. The summed E-state index contributed by atoms with van der Waals surface area (Å²) < 4.78 is 18.0. The van der Waals surface area contributed by atoms with Crippen molar-refractivity contribution < 1.29 is 19.0 Å². The van der Waals surface area contributed by atoms with E-state index < -0.39 is 5.97 Å². The number of hydrogen-bond donors (Lipinski definition) is 0. The summed E-state index contributed by atoms with van der Waals surface area (Å²) in [6.45, 7) is 6.08. The molecule has 1 aromatic heterocycles. The molecular weight excluding hydrogens is 392 g/mol. The van der Waals surface area contributed by atoms with Gasteiger partial charge in [-0.25, -0.2) is 9.79 Å². The molecule has 4 rings (SSSR count). The van der Waals surface area contributed by atoms with E-state index in [1.807, 2.05) is 31.2 Å². The Morgan fingerprint density at radius 1 is 1.34 bits per heavy atom. The van der Waals surface area contributed by atoms with Crippen LogP contribution in [0.15, 0.2) is 33.6 Å². The molecule has 2 aliphatic heterocycles. The number of esters is 1. The summed E-state index contributed by atoms with van der Waals surface area (Å²) in [6.07, 6.45) is 3.40. The van der Waals surface area contributed by atoms with E-state index in [1.54, 1.807) is 13.8 Å². The first-order chi connectivity index (χ1) is 14.0. The largest absolute Gasteiger partial charge is 0.463 e. The number of carbonyl (C=O) groups is 1. The zero-order valence-corrected chi connectivity index (χ0v) is 17.4. The molecule has 3 heterocycles. The number of nitrogens with zero attached hydrogens (tertiary/aromatic N) is 2. The number of thiazole rings is 1. The van der Waals surface area contributed by atoms with E-state index >= 15 is 0 Å². The van der Waals surface area contributed by atoms with Gasteiger partial charge in [0.25, 0.3) is 5.56 Å². The number of hydrogen-bond acceptors (Lipinski definition) is 7. The van der Waals surface area contributed by atoms with E-state index in [-0.39, 0.29) is 25.0 Å². The Balaban J connectivity index is 1.84. The van der Waals surface area contributed by atoms with Crippen LogP contribution in [0, 0.1) is 0 Å². The lowest BCUT2D eigenvalue weighted by Crippen LogP contribution is -2.37. The molecule has 0 spiro atoms. The Hall–Kier alpha value is -2.87. The second kappa shape index (κ2) is 7.87. The Bertz CT molecular complexity index is 1170. The molecule has 0 bridgehead atoms. The molecule has 0 unspecified atom stereocenters. The van der Waals surface area contributed by atoms with Gasteiger partial charge >= 0.3 is 5.97 Å². The number of allylic oxidation sites excluding steroid dienone is 1. The second-order valence-electron chi connectivity index (χ2n) is 6.80. The lowest BCUT2D eigenvalue weighted by atomic mass is 10.00. The first-order valence-electron chi connectivity index (χ1n) is 9.62. The summed E-state index contributed by atoms with van der Waals surface area (Å²) >= 11 is 1.32. The van der Waals surface area contributed by atoms with Crippen molar-refractivity contribution in [3.8, 4) is 11.5 Å². The first-order valence-corrected chi connectivity index (χ1v) is 10.4. The highest BCUT2D eigenvalue weighted by atomic mass is 32.1. The first kappa shape index (κ1) is 19.4. The molecule has 0 saturated heterocycles. The van der Waals surface area contributed by atoms with Gasteiger partial charge in [-0.3, -0.25) is 9.36 Å². The van der Waals surface area contributed by atoms with Crippen LogP contribution in [0.1, 0.15) is 39.2 Å². The summed E-state index contributed by atoms with van der Waals surface area (Å²) in [4.78, 5) is 30.9. The molecule has 29 heavy (non-hydrogen) atoms. The fraction of sp³-hybridized carbons (Fsp3) is 0.381. The monoisotopic (exact) mass is 414 g/mol. The van der Waals surface area contributed by atoms with Crippen molar-refractivity contribution in [1.82, 2.24) is 4.57 Å². The number of ether oxygens (including phenoxy) is 3. The topological polar surface area (TPSA) is 79.1 Å². The van der Waals surface area contributed by atoms with Crippen LogP contribution in [0.3, 0.4) is 0 Å². The van der Waals surface area contributed by atoms with E-state index in [2.05, 4.69) is 0 Å². The number of fused-ring (bicyclic) bond motifs is 2. The van der Waals surface area contributed by atoms with Gasteiger partial charge in [0.05, 0.1) is 22.8 Å². The number of rotatable bonds is 5. The van der Waals surface area contributed by atoms with Gasteiger partial charge in [-0.1, -0.05) is 30.7 Å². The van der Waals surface area contributed by atoms with E-state index in [1.165, 1.54) is 15.9 Å². The standard InChI is InChI=1S/C21H22N2O5S/c1-4-6-14-18(20(25)26-5-2)12(3)23-19(24)17(29-21(23)22-14)10-13-7-8-15-16(9-13)28-11-27-15/h7-10,14H,4-6,11H2,1-3H3/b17-10-/t14-/m1/s1. The summed E-state index contributed by atoms with van der Waals surface area (Å²) in [5.74, 6) is 0.949. The third-order valence-corrected chi connectivity index (χ3v) is 5.87. The lowest BCUT2D eigenvalue weighted by Gasteiger charge is -2.21. The van der Waals surface area contributed by atoms with Crippen LogP contribution in [0.2, 0.25) is 0 Å². The molecule has 0 N–H and O–H groups in total. The summed E-state index contributed by atoms with van der Waals surface area (Å²) in [5.41, 5.74) is 1.71. The van der Waals surface area contributed by atoms with Crippen LogP contribution in [0.25, 0.3) is 11.8 Å². The molecule has 152 valence electrons. The van der Waals surface area contributed by atoms with E-state index in [9.17, 15) is 9.59 Å². The highest BCUT2D eigenvalue weighted by Gasteiger charge is 2.29. The van der Waals surface area contributed by atoms with Gasteiger partial charge in [0.15, 0.2) is 16.3 Å². The van der Waals surface area contributed by atoms with Crippen molar-refractivity contribution in [2.24, 2.45) is 4.99 Å². The van der Waals surface area contributed by atoms with Crippen molar-refractivity contribution >= 4 is 29.1 Å². The highest BCUT2D eigenvalue weighted by molar-refractivity contribution is 7.07. The Morgan fingerprint density at radius 2 is 2.14 bits per heavy atom. The van der Waals surface area contributed by atoms with Crippen LogP contribution in [-0.2, 0) is 9.53 Å². The minimum atomic E-state index is -0.405. The van der Waals surface area contributed by atoms with Crippen molar-refractivity contribution in [3.05, 3.63) is 49.0 Å².